The number of rotatable bonds is 59. The number of carbonyl (C=O) groups excluding carboxylic acids is 2. The van der Waals surface area contributed by atoms with Gasteiger partial charge in [-0.05, 0) is 51.4 Å². The van der Waals surface area contributed by atoms with Gasteiger partial charge in [0.15, 0.2) is 6.10 Å². The van der Waals surface area contributed by atoms with Crippen molar-refractivity contribution in [1.29, 1.82) is 0 Å². The van der Waals surface area contributed by atoms with E-state index in [9.17, 15) is 19.5 Å². The van der Waals surface area contributed by atoms with Gasteiger partial charge in [0.1, 0.15) is 13.2 Å². The second kappa shape index (κ2) is 57.4. The van der Waals surface area contributed by atoms with Crippen LogP contribution < -0.4 is 0 Å². The first kappa shape index (κ1) is 72.2. The zero-order valence-electron chi connectivity index (χ0n) is 50.0. The number of unbranched alkanes of at least 4 members (excludes halogenated alkanes) is 36. The SMILES string of the molecule is CC/C=C\C/C=C\C/C=C\C/C=C\CCCCCCCCCCCCC(=O)OC(COC(=O)CCCCCCCCCCCCCCCCCCCCCCCCCCCCC)COC(OCC[N+](C)(C)C)C(=O)O. The summed E-state index contributed by atoms with van der Waals surface area (Å²) in [6.45, 7) is 4.81. The van der Waals surface area contributed by atoms with Crippen LogP contribution in [0.25, 0.3) is 0 Å². The third-order valence-electron chi connectivity index (χ3n) is 14.1. The molecule has 0 spiro atoms. The summed E-state index contributed by atoms with van der Waals surface area (Å²) in [6, 6.07) is 0. The average molecular weight is 1060 g/mol. The molecule has 0 aliphatic heterocycles. The molecule has 0 saturated carbocycles. The highest BCUT2D eigenvalue weighted by atomic mass is 16.7. The number of carboxylic acids is 1. The molecule has 0 rings (SSSR count). The number of ether oxygens (including phenoxy) is 4. The van der Waals surface area contributed by atoms with E-state index in [1.807, 2.05) is 21.1 Å². The molecule has 2 atom stereocenters. The number of carbonyl (C=O) groups is 3. The number of carboxylic acid groups (broad SMARTS) is 1. The highest BCUT2D eigenvalue weighted by Gasteiger charge is 2.25. The Bertz CT molecular complexity index is 1370. The highest BCUT2D eigenvalue weighted by molar-refractivity contribution is 5.71. The number of esters is 2. The Morgan fingerprint density at radius 3 is 1.13 bits per heavy atom. The van der Waals surface area contributed by atoms with Crippen LogP contribution in [0, 0.1) is 0 Å². The normalized spacial score (nSPS) is 13.0. The molecule has 0 aromatic carbocycles. The van der Waals surface area contributed by atoms with Crippen LogP contribution in [0.15, 0.2) is 48.6 Å². The Labute approximate surface area is 463 Å². The second-order valence-corrected chi connectivity index (χ2v) is 22.7. The number of quaternary nitrogens is 1. The van der Waals surface area contributed by atoms with Crippen LogP contribution >= 0.6 is 0 Å². The molecule has 9 nitrogen and oxygen atoms in total. The van der Waals surface area contributed by atoms with Crippen molar-refractivity contribution in [3.63, 3.8) is 0 Å². The fourth-order valence-electron chi connectivity index (χ4n) is 9.24. The summed E-state index contributed by atoms with van der Waals surface area (Å²) in [6.07, 6.45) is 69.2. The quantitative estimate of drug-likeness (QED) is 0.0211. The summed E-state index contributed by atoms with van der Waals surface area (Å²) in [4.78, 5) is 37.5. The summed E-state index contributed by atoms with van der Waals surface area (Å²) >= 11 is 0. The zero-order chi connectivity index (χ0) is 54.8. The maximum absolute atomic E-state index is 12.9. The summed E-state index contributed by atoms with van der Waals surface area (Å²) in [5.74, 6) is -1.99. The molecule has 0 saturated heterocycles. The van der Waals surface area contributed by atoms with E-state index in [0.717, 1.165) is 77.0 Å². The van der Waals surface area contributed by atoms with Gasteiger partial charge in [0.25, 0.3) is 6.29 Å². The first-order chi connectivity index (χ1) is 36.6. The van der Waals surface area contributed by atoms with Crippen LogP contribution in [-0.4, -0.2) is 87.4 Å². The molecular formula is C66H122NO8+. The van der Waals surface area contributed by atoms with Gasteiger partial charge in [0, 0.05) is 12.8 Å². The fourth-order valence-corrected chi connectivity index (χ4v) is 9.24. The number of likely N-dealkylation sites (N-methyl/N-ethyl adjacent to an activating group) is 1. The van der Waals surface area contributed by atoms with Gasteiger partial charge in [-0.15, -0.1) is 0 Å². The Kier molecular flexibility index (Phi) is 55.3. The van der Waals surface area contributed by atoms with E-state index < -0.39 is 24.3 Å². The van der Waals surface area contributed by atoms with Crippen molar-refractivity contribution >= 4 is 17.9 Å². The zero-order valence-corrected chi connectivity index (χ0v) is 50.0. The summed E-state index contributed by atoms with van der Waals surface area (Å²) in [5.41, 5.74) is 0. The molecule has 0 bridgehead atoms. The molecule has 0 aliphatic rings. The topological polar surface area (TPSA) is 108 Å². The average Bonchev–Trinajstić information content (AvgIpc) is 3.38. The van der Waals surface area contributed by atoms with Gasteiger partial charge >= 0.3 is 17.9 Å². The molecule has 0 heterocycles. The van der Waals surface area contributed by atoms with Crippen LogP contribution in [0.1, 0.15) is 296 Å². The van der Waals surface area contributed by atoms with Gasteiger partial charge in [-0.2, -0.15) is 0 Å². The molecular weight excluding hydrogens is 935 g/mol. The van der Waals surface area contributed by atoms with E-state index in [1.165, 1.54) is 193 Å². The Morgan fingerprint density at radius 2 is 0.760 bits per heavy atom. The van der Waals surface area contributed by atoms with Crippen molar-refractivity contribution in [3.05, 3.63) is 48.6 Å². The van der Waals surface area contributed by atoms with Gasteiger partial charge < -0.3 is 28.5 Å². The lowest BCUT2D eigenvalue weighted by atomic mass is 10.0. The number of hydrogen-bond acceptors (Lipinski definition) is 7. The van der Waals surface area contributed by atoms with Crippen LogP contribution in [0.2, 0.25) is 0 Å². The molecule has 0 fully saturated rings. The fraction of sp³-hybridized carbons (Fsp3) is 0.833. The molecule has 0 aromatic rings. The van der Waals surface area contributed by atoms with Crippen LogP contribution in [0.3, 0.4) is 0 Å². The Balaban J connectivity index is 4.15. The van der Waals surface area contributed by atoms with Crippen molar-refractivity contribution in [1.82, 2.24) is 0 Å². The van der Waals surface area contributed by atoms with E-state index in [0.29, 0.717) is 17.4 Å². The predicted molar refractivity (Wildman–Crippen MR) is 318 cm³/mol. The van der Waals surface area contributed by atoms with E-state index in [-0.39, 0.29) is 32.2 Å². The van der Waals surface area contributed by atoms with Gasteiger partial charge in [0.2, 0.25) is 0 Å². The first-order valence-electron chi connectivity index (χ1n) is 31.8. The van der Waals surface area contributed by atoms with Gasteiger partial charge in [0.05, 0.1) is 34.4 Å². The van der Waals surface area contributed by atoms with Crippen LogP contribution in [0.5, 0.6) is 0 Å². The molecule has 0 amide bonds. The Hall–Kier alpha value is -2.75. The summed E-state index contributed by atoms with van der Waals surface area (Å²) in [7, 11) is 5.98. The molecule has 0 aromatic heterocycles. The number of aliphatic carboxylic acids is 1. The molecule has 9 heteroatoms. The molecule has 75 heavy (non-hydrogen) atoms. The maximum Gasteiger partial charge on any atom is 0.361 e. The Morgan fingerprint density at radius 1 is 0.413 bits per heavy atom. The van der Waals surface area contributed by atoms with Gasteiger partial charge in [-0.1, -0.05) is 281 Å². The molecule has 0 radical (unpaired) electrons. The molecule has 438 valence electrons. The van der Waals surface area contributed by atoms with E-state index in [4.69, 9.17) is 18.9 Å². The van der Waals surface area contributed by atoms with Crippen LogP contribution in [0.4, 0.5) is 0 Å². The minimum Gasteiger partial charge on any atom is -0.477 e. The largest absolute Gasteiger partial charge is 0.477 e. The van der Waals surface area contributed by atoms with Gasteiger partial charge in [-0.25, -0.2) is 4.79 Å². The predicted octanol–water partition coefficient (Wildman–Crippen LogP) is 19.0. The number of allylic oxidation sites excluding steroid dienone is 8. The van der Waals surface area contributed by atoms with Gasteiger partial charge in [-0.3, -0.25) is 9.59 Å². The summed E-state index contributed by atoms with van der Waals surface area (Å²) < 4.78 is 22.9. The third kappa shape index (κ3) is 58.8. The van der Waals surface area contributed by atoms with Crippen molar-refractivity contribution < 1.29 is 42.9 Å². The highest BCUT2D eigenvalue weighted by Crippen LogP contribution is 2.18. The minimum absolute atomic E-state index is 0.181. The van der Waals surface area contributed by atoms with Crippen LogP contribution in [-0.2, 0) is 33.3 Å². The van der Waals surface area contributed by atoms with Crippen molar-refractivity contribution in [2.45, 2.75) is 309 Å². The monoisotopic (exact) mass is 1060 g/mol. The molecule has 2 unspecified atom stereocenters. The second-order valence-electron chi connectivity index (χ2n) is 22.7. The smallest absolute Gasteiger partial charge is 0.361 e. The van der Waals surface area contributed by atoms with E-state index in [2.05, 4.69) is 62.5 Å². The third-order valence-corrected chi connectivity index (χ3v) is 14.1. The standard InChI is InChI=1S/C66H121NO8/c1-6-8-10-12-14-16-18-20-22-24-26-28-30-31-32-33-35-36-38-40-42-44-46-48-50-52-54-56-63(68)73-60-62(61-74-66(65(70)71)72-59-58-67(3,4)5)75-64(69)57-55-53-51-49-47-45-43-41-39-37-34-29-27-25-23-21-19-17-15-13-11-9-7-2/h9,11,15,17,21,23,27,29,62,66H,6-8,10,12-14,16,18-20,22,24-26,28,30-61H2,1-5H3/p+1/b11-9-,17-15-,23-21-,29-27-. The van der Waals surface area contributed by atoms with Crippen molar-refractivity contribution in [2.24, 2.45) is 0 Å². The van der Waals surface area contributed by atoms with E-state index >= 15 is 0 Å². The lowest BCUT2D eigenvalue weighted by Gasteiger charge is -2.25. The molecule has 1 N–H and O–H groups in total. The first-order valence-corrected chi connectivity index (χ1v) is 31.8. The summed E-state index contributed by atoms with van der Waals surface area (Å²) in [5, 5.41) is 9.72. The van der Waals surface area contributed by atoms with Crippen molar-refractivity contribution in [3.8, 4) is 0 Å². The number of hydrogen-bond donors (Lipinski definition) is 1. The maximum atomic E-state index is 12.9. The lowest BCUT2D eigenvalue weighted by Crippen LogP contribution is -2.40. The minimum atomic E-state index is -1.51. The lowest BCUT2D eigenvalue weighted by molar-refractivity contribution is -0.870. The number of nitrogens with zero attached hydrogens (tertiary/aromatic N) is 1. The van der Waals surface area contributed by atoms with E-state index in [1.54, 1.807) is 0 Å². The van der Waals surface area contributed by atoms with Crippen molar-refractivity contribution in [2.75, 3.05) is 47.5 Å². The molecule has 0 aliphatic carbocycles.